The summed E-state index contributed by atoms with van der Waals surface area (Å²) in [5.74, 6) is 0.673. The standard InChI is InChI=1S/C43H62F2S4/c1-5-8-11-14-16-18-21-32(4)28-34-24-26-46-40(34)38-30-36(44)42(48-38)43-37(45)31-39(49-43)41-35(25-27-47-41)29-33(22-19-13-10-7-3)23-20-17-15-12-9-6-2/h24-27,30-33H,5-23,28-29H2,1-4H3. The van der Waals surface area contributed by atoms with Crippen molar-refractivity contribution < 1.29 is 8.78 Å². The maximum Gasteiger partial charge on any atom is 0.143 e. The van der Waals surface area contributed by atoms with Gasteiger partial charge in [-0.15, -0.1) is 45.3 Å². The summed E-state index contributed by atoms with van der Waals surface area (Å²) >= 11 is 6.25. The van der Waals surface area contributed by atoms with Crippen molar-refractivity contribution in [1.29, 1.82) is 0 Å². The molecule has 4 heterocycles. The number of halogens is 2. The van der Waals surface area contributed by atoms with Gasteiger partial charge in [0.05, 0.1) is 9.75 Å². The molecule has 4 aromatic rings. The summed E-state index contributed by atoms with van der Waals surface area (Å²) in [5.41, 5.74) is 2.65. The first-order chi connectivity index (χ1) is 23.9. The predicted octanol–water partition coefficient (Wildman–Crippen LogP) is 17.0. The second-order valence-corrected chi connectivity index (χ2v) is 18.4. The fourth-order valence-electron chi connectivity index (χ4n) is 7.18. The zero-order chi connectivity index (χ0) is 34.8. The van der Waals surface area contributed by atoms with Crippen LogP contribution in [-0.4, -0.2) is 0 Å². The number of rotatable bonds is 26. The van der Waals surface area contributed by atoms with E-state index in [0.29, 0.717) is 21.6 Å². The molecule has 0 bridgehead atoms. The lowest BCUT2D eigenvalue weighted by atomic mass is 9.89. The zero-order valence-electron chi connectivity index (χ0n) is 30.9. The van der Waals surface area contributed by atoms with E-state index in [0.717, 1.165) is 27.5 Å². The van der Waals surface area contributed by atoms with Gasteiger partial charge in [-0.2, -0.15) is 0 Å². The van der Waals surface area contributed by atoms with Crippen LogP contribution in [-0.2, 0) is 12.8 Å². The van der Waals surface area contributed by atoms with Crippen molar-refractivity contribution in [3.63, 3.8) is 0 Å². The minimum atomic E-state index is -0.302. The SMILES string of the molecule is CCCCCCCCC(C)Cc1ccsc1-c1cc(F)c(-c2sc(-c3sccc3CC(CCCCCC)CCCCCCCC)cc2F)s1. The Morgan fingerprint density at radius 3 is 1.41 bits per heavy atom. The second-order valence-electron chi connectivity index (χ2n) is 14.5. The van der Waals surface area contributed by atoms with Crippen LogP contribution in [0.15, 0.2) is 35.0 Å². The molecule has 0 aromatic carbocycles. The minimum Gasteiger partial charge on any atom is -0.205 e. The van der Waals surface area contributed by atoms with Crippen LogP contribution in [0, 0.1) is 23.5 Å². The zero-order valence-corrected chi connectivity index (χ0v) is 34.1. The maximum absolute atomic E-state index is 15.7. The van der Waals surface area contributed by atoms with Gasteiger partial charge in [-0.25, -0.2) is 8.78 Å². The van der Waals surface area contributed by atoms with Crippen LogP contribution in [0.3, 0.4) is 0 Å². The molecule has 4 aromatic heterocycles. The molecule has 0 nitrogen and oxygen atoms in total. The van der Waals surface area contributed by atoms with Crippen molar-refractivity contribution in [3.05, 3.63) is 57.8 Å². The maximum atomic E-state index is 15.7. The van der Waals surface area contributed by atoms with Crippen LogP contribution in [0.25, 0.3) is 29.3 Å². The van der Waals surface area contributed by atoms with Gasteiger partial charge in [0.2, 0.25) is 0 Å². The van der Waals surface area contributed by atoms with Gasteiger partial charge >= 0.3 is 0 Å². The Morgan fingerprint density at radius 1 is 0.510 bits per heavy atom. The molecule has 6 heteroatoms. The van der Waals surface area contributed by atoms with Crippen molar-refractivity contribution in [2.24, 2.45) is 11.8 Å². The fraction of sp³-hybridized carbons (Fsp3) is 0.628. The Morgan fingerprint density at radius 2 is 0.918 bits per heavy atom. The lowest BCUT2D eigenvalue weighted by molar-refractivity contribution is 0.403. The van der Waals surface area contributed by atoms with Crippen molar-refractivity contribution in [2.45, 2.75) is 163 Å². The van der Waals surface area contributed by atoms with Gasteiger partial charge in [-0.1, -0.05) is 150 Å². The molecule has 0 spiro atoms. The Balaban J connectivity index is 1.43. The fourth-order valence-corrected chi connectivity index (χ4v) is 11.6. The van der Waals surface area contributed by atoms with E-state index in [2.05, 4.69) is 50.6 Å². The van der Waals surface area contributed by atoms with Gasteiger partial charge in [0.15, 0.2) is 0 Å². The first kappa shape index (κ1) is 40.4. The lowest BCUT2D eigenvalue weighted by Crippen LogP contribution is -2.05. The first-order valence-electron chi connectivity index (χ1n) is 19.7. The predicted molar refractivity (Wildman–Crippen MR) is 219 cm³/mol. The van der Waals surface area contributed by atoms with Gasteiger partial charge in [0.25, 0.3) is 0 Å². The largest absolute Gasteiger partial charge is 0.205 e. The van der Waals surface area contributed by atoms with Crippen molar-refractivity contribution >= 4 is 45.3 Å². The number of hydrogen-bond acceptors (Lipinski definition) is 4. The topological polar surface area (TPSA) is 0 Å². The van der Waals surface area contributed by atoms with Gasteiger partial charge in [-0.05, 0) is 70.8 Å². The monoisotopic (exact) mass is 744 g/mol. The summed E-state index contributed by atoms with van der Waals surface area (Å²) in [6.45, 7) is 9.17. The molecular weight excluding hydrogens is 683 g/mol. The molecule has 0 aliphatic heterocycles. The molecule has 0 saturated carbocycles. The third-order valence-electron chi connectivity index (χ3n) is 10.1. The van der Waals surface area contributed by atoms with E-state index in [1.54, 1.807) is 34.8 Å². The van der Waals surface area contributed by atoms with E-state index in [-0.39, 0.29) is 11.6 Å². The quantitative estimate of drug-likeness (QED) is 0.0562. The molecule has 0 fully saturated rings. The highest BCUT2D eigenvalue weighted by molar-refractivity contribution is 7.28. The van der Waals surface area contributed by atoms with E-state index in [9.17, 15) is 0 Å². The van der Waals surface area contributed by atoms with E-state index < -0.39 is 0 Å². The molecule has 2 unspecified atom stereocenters. The molecule has 0 aliphatic carbocycles. The normalized spacial score (nSPS) is 13.0. The smallest absolute Gasteiger partial charge is 0.143 e. The molecule has 2 atom stereocenters. The summed E-state index contributed by atoms with van der Waals surface area (Å²) in [6.07, 6.45) is 27.0. The summed E-state index contributed by atoms with van der Waals surface area (Å²) in [5, 5.41) is 4.29. The molecule has 0 radical (unpaired) electrons. The average Bonchev–Trinajstić information content (AvgIpc) is 3.90. The molecule has 4 rings (SSSR count). The number of hydrogen-bond donors (Lipinski definition) is 0. The van der Waals surface area contributed by atoms with Crippen LogP contribution in [0.5, 0.6) is 0 Å². The van der Waals surface area contributed by atoms with Crippen molar-refractivity contribution in [3.8, 4) is 29.3 Å². The average molecular weight is 745 g/mol. The van der Waals surface area contributed by atoms with E-state index in [1.165, 1.54) is 161 Å². The third-order valence-corrected chi connectivity index (χ3v) is 14.7. The first-order valence-corrected chi connectivity index (χ1v) is 23.1. The number of unbranched alkanes of at least 4 members (excludes halogenated alkanes) is 13. The molecule has 49 heavy (non-hydrogen) atoms. The Hall–Kier alpha value is -1.34. The lowest BCUT2D eigenvalue weighted by Gasteiger charge is -2.17. The second kappa shape index (κ2) is 22.6. The van der Waals surface area contributed by atoms with E-state index in [4.69, 9.17) is 0 Å². The highest BCUT2D eigenvalue weighted by Crippen LogP contribution is 2.47. The number of thiophene rings is 4. The summed E-state index contributed by atoms with van der Waals surface area (Å²) in [6, 6.07) is 7.78. The molecule has 0 saturated heterocycles. The molecule has 272 valence electrons. The van der Waals surface area contributed by atoms with Crippen molar-refractivity contribution in [1.82, 2.24) is 0 Å². The summed E-state index contributed by atoms with van der Waals surface area (Å²) in [4.78, 5) is 5.08. The Bertz CT molecular complexity index is 1460. The van der Waals surface area contributed by atoms with Crippen LogP contribution >= 0.6 is 45.3 Å². The Labute approximate surface area is 313 Å². The van der Waals surface area contributed by atoms with Gasteiger partial charge < -0.3 is 0 Å². The minimum absolute atomic E-state index is 0.297. The van der Waals surface area contributed by atoms with Crippen LogP contribution in [0.2, 0.25) is 0 Å². The molecule has 0 N–H and O–H groups in total. The van der Waals surface area contributed by atoms with Gasteiger partial charge in [0.1, 0.15) is 11.6 Å². The van der Waals surface area contributed by atoms with Crippen LogP contribution < -0.4 is 0 Å². The summed E-state index contributed by atoms with van der Waals surface area (Å²) in [7, 11) is 0. The van der Waals surface area contributed by atoms with E-state index >= 15 is 8.78 Å². The third kappa shape index (κ3) is 13.0. The molecule has 0 aliphatic rings. The molecular formula is C43H62F2S4. The Kier molecular flexibility index (Phi) is 18.6. The van der Waals surface area contributed by atoms with Crippen LogP contribution in [0.4, 0.5) is 8.78 Å². The van der Waals surface area contributed by atoms with E-state index in [1.807, 2.05) is 0 Å². The highest BCUT2D eigenvalue weighted by atomic mass is 32.1. The highest BCUT2D eigenvalue weighted by Gasteiger charge is 2.23. The van der Waals surface area contributed by atoms with Crippen LogP contribution in [0.1, 0.15) is 161 Å². The van der Waals surface area contributed by atoms with Gasteiger partial charge in [0, 0.05) is 19.5 Å². The summed E-state index contributed by atoms with van der Waals surface area (Å²) < 4.78 is 31.3. The van der Waals surface area contributed by atoms with Crippen molar-refractivity contribution in [2.75, 3.05) is 0 Å². The molecule has 0 amide bonds. The van der Waals surface area contributed by atoms with Gasteiger partial charge in [-0.3, -0.25) is 0 Å².